The highest BCUT2D eigenvalue weighted by atomic mass is 32.1. The first-order valence-corrected chi connectivity index (χ1v) is 7.31. The van der Waals surface area contributed by atoms with Crippen molar-refractivity contribution in [2.45, 2.75) is 31.1 Å². The topological polar surface area (TPSA) is 29.1 Å². The Bertz CT molecular complexity index is 679. The summed E-state index contributed by atoms with van der Waals surface area (Å²) in [6.45, 7) is 1.94. The van der Waals surface area contributed by atoms with Gasteiger partial charge in [0.25, 0.3) is 5.91 Å². The highest BCUT2D eigenvalue weighted by Crippen LogP contribution is 2.25. The van der Waals surface area contributed by atoms with Gasteiger partial charge >= 0.3 is 0 Å². The number of hydrogen-bond donors (Lipinski definition) is 2. The Kier molecular flexibility index (Phi) is 3.53. The van der Waals surface area contributed by atoms with Crippen molar-refractivity contribution < 1.29 is 4.79 Å². The number of aryl methyl sites for hydroxylation is 3. The van der Waals surface area contributed by atoms with Crippen molar-refractivity contribution in [1.82, 2.24) is 0 Å². The molecule has 0 spiro atoms. The molecule has 1 aliphatic rings. The van der Waals surface area contributed by atoms with Crippen LogP contribution in [0.4, 0.5) is 5.69 Å². The number of hydrogen-bond acceptors (Lipinski definition) is 2. The molecule has 2 aromatic rings. The molecule has 0 atom stereocenters. The zero-order valence-corrected chi connectivity index (χ0v) is 12.3. The van der Waals surface area contributed by atoms with E-state index in [4.69, 9.17) is 0 Å². The average Bonchev–Trinajstić information content (AvgIpc) is 2.89. The Balaban J connectivity index is 1.84. The molecule has 1 aliphatic carbocycles. The van der Waals surface area contributed by atoms with E-state index in [9.17, 15) is 4.79 Å². The number of carbonyl (C=O) groups is 1. The lowest BCUT2D eigenvalue weighted by molar-refractivity contribution is 0.102. The van der Waals surface area contributed by atoms with E-state index >= 15 is 0 Å². The van der Waals surface area contributed by atoms with Gasteiger partial charge < -0.3 is 5.32 Å². The Hall–Kier alpha value is -1.74. The van der Waals surface area contributed by atoms with E-state index in [1.54, 1.807) is 6.07 Å². The molecule has 0 radical (unpaired) electrons. The number of fused-ring (bicyclic) bond motifs is 1. The summed E-state index contributed by atoms with van der Waals surface area (Å²) >= 11 is 4.30. The maximum atomic E-state index is 12.3. The lowest BCUT2D eigenvalue weighted by atomic mass is 10.1. The summed E-state index contributed by atoms with van der Waals surface area (Å²) < 4.78 is 0. The number of anilines is 1. The zero-order chi connectivity index (χ0) is 14.1. The Labute approximate surface area is 124 Å². The number of carbonyl (C=O) groups excluding carboxylic acids is 1. The van der Waals surface area contributed by atoms with Gasteiger partial charge in [-0.05, 0) is 67.1 Å². The van der Waals surface area contributed by atoms with E-state index in [2.05, 4.69) is 30.1 Å². The van der Waals surface area contributed by atoms with Gasteiger partial charge in [0.05, 0.1) is 0 Å². The Morgan fingerprint density at radius 1 is 1.10 bits per heavy atom. The molecule has 0 saturated heterocycles. The molecule has 3 rings (SSSR count). The van der Waals surface area contributed by atoms with E-state index < -0.39 is 0 Å². The molecular weight excluding hydrogens is 266 g/mol. The van der Waals surface area contributed by atoms with Crippen molar-refractivity contribution in [3.63, 3.8) is 0 Å². The first-order chi connectivity index (χ1) is 9.63. The molecule has 0 bridgehead atoms. The quantitative estimate of drug-likeness (QED) is 0.801. The van der Waals surface area contributed by atoms with Crippen molar-refractivity contribution in [3.05, 3.63) is 58.7 Å². The molecule has 102 valence electrons. The van der Waals surface area contributed by atoms with Gasteiger partial charge in [-0.25, -0.2) is 0 Å². The third kappa shape index (κ3) is 2.59. The predicted molar refractivity (Wildman–Crippen MR) is 84.9 cm³/mol. The lowest BCUT2D eigenvalue weighted by Gasteiger charge is -2.10. The van der Waals surface area contributed by atoms with Crippen LogP contribution in [0.1, 0.15) is 33.5 Å². The second-order valence-corrected chi connectivity index (χ2v) is 5.81. The number of thiol groups is 1. The number of rotatable bonds is 2. The molecule has 3 heteroatoms. The third-order valence-corrected chi connectivity index (χ3v) is 4.10. The van der Waals surface area contributed by atoms with E-state index in [0.29, 0.717) is 5.56 Å². The molecular formula is C17H17NOS. The second kappa shape index (κ2) is 5.33. The molecule has 0 unspecified atom stereocenters. The summed E-state index contributed by atoms with van der Waals surface area (Å²) in [5.74, 6) is -0.0728. The van der Waals surface area contributed by atoms with Crippen molar-refractivity contribution in [3.8, 4) is 0 Å². The molecule has 20 heavy (non-hydrogen) atoms. The van der Waals surface area contributed by atoms with Crippen LogP contribution in [-0.4, -0.2) is 5.91 Å². The molecule has 0 aromatic heterocycles. The summed E-state index contributed by atoms with van der Waals surface area (Å²) in [4.78, 5) is 13.1. The first-order valence-electron chi connectivity index (χ1n) is 6.86. The van der Waals surface area contributed by atoms with E-state index in [1.807, 2.05) is 25.1 Å². The molecule has 0 fully saturated rings. The molecule has 2 nitrogen and oxygen atoms in total. The summed E-state index contributed by atoms with van der Waals surface area (Å²) in [7, 11) is 0. The van der Waals surface area contributed by atoms with Crippen LogP contribution in [0.25, 0.3) is 0 Å². The smallest absolute Gasteiger partial charge is 0.255 e. The van der Waals surface area contributed by atoms with Gasteiger partial charge in [0, 0.05) is 16.1 Å². The van der Waals surface area contributed by atoms with Crippen LogP contribution in [0.5, 0.6) is 0 Å². The van der Waals surface area contributed by atoms with Crippen LogP contribution >= 0.6 is 12.6 Å². The first kappa shape index (κ1) is 13.3. The SMILES string of the molecule is Cc1ccc(S)cc1C(=O)Nc1ccc2c(c1)CCC2. The van der Waals surface area contributed by atoms with E-state index in [0.717, 1.165) is 29.0 Å². The summed E-state index contributed by atoms with van der Waals surface area (Å²) in [5, 5.41) is 2.98. The normalized spacial score (nSPS) is 13.1. The predicted octanol–water partition coefficient (Wildman–Crippen LogP) is 4.02. The van der Waals surface area contributed by atoms with E-state index in [1.165, 1.54) is 17.5 Å². The second-order valence-electron chi connectivity index (χ2n) is 5.29. The minimum absolute atomic E-state index is 0.0728. The monoisotopic (exact) mass is 283 g/mol. The van der Waals surface area contributed by atoms with Crippen molar-refractivity contribution >= 4 is 24.2 Å². The van der Waals surface area contributed by atoms with Crippen LogP contribution in [0.15, 0.2) is 41.3 Å². The maximum absolute atomic E-state index is 12.3. The largest absolute Gasteiger partial charge is 0.322 e. The van der Waals surface area contributed by atoms with Gasteiger partial charge in [0.15, 0.2) is 0 Å². The molecule has 0 heterocycles. The van der Waals surface area contributed by atoms with Gasteiger partial charge in [-0.15, -0.1) is 12.6 Å². The van der Waals surface area contributed by atoms with Crippen LogP contribution in [0.3, 0.4) is 0 Å². The minimum Gasteiger partial charge on any atom is -0.322 e. The van der Waals surface area contributed by atoms with Gasteiger partial charge in [0.1, 0.15) is 0 Å². The Morgan fingerprint density at radius 3 is 2.75 bits per heavy atom. The van der Waals surface area contributed by atoms with Crippen molar-refractivity contribution in [2.75, 3.05) is 5.32 Å². The number of benzene rings is 2. The average molecular weight is 283 g/mol. The summed E-state index contributed by atoms with van der Waals surface area (Å²) in [5.41, 5.74) is 5.29. The molecule has 1 amide bonds. The van der Waals surface area contributed by atoms with Crippen LogP contribution in [-0.2, 0) is 12.8 Å². The van der Waals surface area contributed by atoms with Crippen LogP contribution < -0.4 is 5.32 Å². The fraction of sp³-hybridized carbons (Fsp3) is 0.235. The lowest BCUT2D eigenvalue weighted by Crippen LogP contribution is -2.13. The molecule has 0 saturated carbocycles. The van der Waals surface area contributed by atoms with Gasteiger partial charge in [-0.1, -0.05) is 12.1 Å². The summed E-state index contributed by atoms with van der Waals surface area (Å²) in [6, 6.07) is 11.8. The third-order valence-electron chi connectivity index (χ3n) is 3.82. The summed E-state index contributed by atoms with van der Waals surface area (Å²) in [6.07, 6.45) is 3.49. The van der Waals surface area contributed by atoms with Crippen molar-refractivity contribution in [1.29, 1.82) is 0 Å². The van der Waals surface area contributed by atoms with Gasteiger partial charge in [-0.2, -0.15) is 0 Å². The zero-order valence-electron chi connectivity index (χ0n) is 11.4. The number of amides is 1. The standard InChI is InChI=1S/C17H17NOS/c1-11-5-8-15(20)10-16(11)17(19)18-14-7-6-12-3-2-4-13(12)9-14/h5-10,20H,2-4H2,1H3,(H,18,19). The van der Waals surface area contributed by atoms with Crippen LogP contribution in [0.2, 0.25) is 0 Å². The molecule has 1 N–H and O–H groups in total. The Morgan fingerprint density at radius 2 is 1.90 bits per heavy atom. The van der Waals surface area contributed by atoms with E-state index in [-0.39, 0.29) is 5.91 Å². The maximum Gasteiger partial charge on any atom is 0.255 e. The molecule has 2 aromatic carbocycles. The highest BCUT2D eigenvalue weighted by Gasteiger charge is 2.13. The highest BCUT2D eigenvalue weighted by molar-refractivity contribution is 7.80. The van der Waals surface area contributed by atoms with Crippen LogP contribution in [0, 0.1) is 6.92 Å². The minimum atomic E-state index is -0.0728. The van der Waals surface area contributed by atoms with Crippen molar-refractivity contribution in [2.24, 2.45) is 0 Å². The fourth-order valence-corrected chi connectivity index (χ4v) is 2.91. The van der Waals surface area contributed by atoms with Gasteiger partial charge in [-0.3, -0.25) is 4.79 Å². The fourth-order valence-electron chi connectivity index (χ4n) is 2.70. The molecule has 0 aliphatic heterocycles. The number of nitrogens with one attached hydrogen (secondary N) is 1. The van der Waals surface area contributed by atoms with Gasteiger partial charge in [0.2, 0.25) is 0 Å².